The van der Waals surface area contributed by atoms with E-state index >= 15 is 0 Å². The van der Waals surface area contributed by atoms with Crippen molar-refractivity contribution in [2.24, 2.45) is 5.92 Å². The Labute approximate surface area is 132 Å². The summed E-state index contributed by atoms with van der Waals surface area (Å²) in [5.74, 6) is -0.844. The van der Waals surface area contributed by atoms with Gasteiger partial charge >= 0.3 is 5.97 Å². The zero-order chi connectivity index (χ0) is 14.8. The van der Waals surface area contributed by atoms with Crippen LogP contribution >= 0.6 is 22.7 Å². The Hall–Kier alpha value is -1.24. The Bertz CT molecular complexity index is 609. The highest BCUT2D eigenvalue weighted by Gasteiger charge is 2.29. The van der Waals surface area contributed by atoms with Crippen LogP contribution in [0.25, 0.3) is 10.6 Å². The fourth-order valence-corrected chi connectivity index (χ4v) is 4.31. The Kier molecular flexibility index (Phi) is 4.37. The number of hydrogen-bond donors (Lipinski definition) is 1. The second-order valence-corrected chi connectivity index (χ2v) is 7.17. The molecule has 0 amide bonds. The van der Waals surface area contributed by atoms with Gasteiger partial charge in [-0.25, -0.2) is 4.98 Å². The summed E-state index contributed by atoms with van der Waals surface area (Å²) in [6.45, 7) is 3.76. The fourth-order valence-electron chi connectivity index (χ4n) is 2.79. The number of hydrogen-bond acceptors (Lipinski definition) is 5. The summed E-state index contributed by atoms with van der Waals surface area (Å²) < 4.78 is 0. The molecule has 0 radical (unpaired) electrons. The minimum Gasteiger partial charge on any atom is -0.481 e. The molecule has 0 aliphatic carbocycles. The van der Waals surface area contributed by atoms with Crippen molar-refractivity contribution in [3.63, 3.8) is 0 Å². The number of aliphatic carboxylic acids is 1. The molecule has 0 saturated carbocycles. The molecule has 0 bridgehead atoms. The largest absolute Gasteiger partial charge is 0.481 e. The van der Waals surface area contributed by atoms with Crippen molar-refractivity contribution >= 4 is 28.6 Å². The SMILES string of the molecule is CC1CC(C(=O)O)CCN1Cc1csc(-c2ccsc2)n1. The number of aromatic nitrogens is 1. The lowest BCUT2D eigenvalue weighted by molar-refractivity contribution is -0.144. The van der Waals surface area contributed by atoms with Crippen molar-refractivity contribution in [3.05, 3.63) is 27.9 Å². The molecule has 0 aromatic carbocycles. The number of rotatable bonds is 4. The normalized spacial score (nSPS) is 23.3. The van der Waals surface area contributed by atoms with E-state index in [-0.39, 0.29) is 5.92 Å². The second-order valence-electron chi connectivity index (χ2n) is 5.54. The van der Waals surface area contributed by atoms with Crippen molar-refractivity contribution in [1.82, 2.24) is 9.88 Å². The van der Waals surface area contributed by atoms with Crippen molar-refractivity contribution in [2.45, 2.75) is 32.4 Å². The van der Waals surface area contributed by atoms with Gasteiger partial charge in [0, 0.05) is 28.9 Å². The van der Waals surface area contributed by atoms with Gasteiger partial charge in [-0.1, -0.05) is 0 Å². The van der Waals surface area contributed by atoms with Crippen LogP contribution in [0.3, 0.4) is 0 Å². The van der Waals surface area contributed by atoms with E-state index in [2.05, 4.69) is 34.0 Å². The third-order valence-electron chi connectivity index (χ3n) is 4.05. The Morgan fingerprint density at radius 3 is 3.05 bits per heavy atom. The summed E-state index contributed by atoms with van der Waals surface area (Å²) in [6, 6.07) is 2.39. The van der Waals surface area contributed by atoms with Crippen LogP contribution in [0, 0.1) is 5.92 Å². The van der Waals surface area contributed by atoms with Gasteiger partial charge in [0.1, 0.15) is 5.01 Å². The number of carboxylic acids is 1. The average molecular weight is 322 g/mol. The van der Waals surface area contributed by atoms with Gasteiger partial charge in [0.05, 0.1) is 11.6 Å². The molecule has 1 saturated heterocycles. The zero-order valence-corrected chi connectivity index (χ0v) is 13.5. The standard InChI is InChI=1S/C15H18N2O2S2/c1-10-6-11(15(18)19)2-4-17(10)7-13-9-21-14(16-13)12-3-5-20-8-12/h3,5,8-11H,2,4,6-7H2,1H3,(H,18,19). The fraction of sp³-hybridized carbons (Fsp3) is 0.467. The van der Waals surface area contributed by atoms with Crippen LogP contribution in [0.2, 0.25) is 0 Å². The van der Waals surface area contributed by atoms with Crippen LogP contribution in [-0.2, 0) is 11.3 Å². The molecule has 1 N–H and O–H groups in total. The summed E-state index contributed by atoms with van der Waals surface area (Å²) in [5, 5.41) is 16.5. The summed E-state index contributed by atoms with van der Waals surface area (Å²) >= 11 is 3.36. The van der Waals surface area contributed by atoms with Crippen molar-refractivity contribution in [3.8, 4) is 10.6 Å². The van der Waals surface area contributed by atoms with E-state index in [1.165, 1.54) is 5.56 Å². The maximum absolute atomic E-state index is 11.1. The number of thiazole rings is 1. The number of carbonyl (C=O) groups is 1. The number of thiophene rings is 1. The molecule has 2 unspecified atom stereocenters. The Balaban J connectivity index is 1.63. The van der Waals surface area contributed by atoms with Crippen LogP contribution < -0.4 is 0 Å². The highest BCUT2D eigenvalue weighted by Crippen LogP contribution is 2.28. The van der Waals surface area contributed by atoms with Crippen molar-refractivity contribution in [2.75, 3.05) is 6.54 Å². The topological polar surface area (TPSA) is 53.4 Å². The van der Waals surface area contributed by atoms with Crippen molar-refractivity contribution in [1.29, 1.82) is 0 Å². The average Bonchev–Trinajstić information content (AvgIpc) is 3.11. The first kappa shape index (κ1) is 14.7. The number of piperidine rings is 1. The quantitative estimate of drug-likeness (QED) is 0.935. The van der Waals surface area contributed by atoms with E-state index in [1.807, 2.05) is 0 Å². The molecule has 3 rings (SSSR count). The van der Waals surface area contributed by atoms with E-state index in [1.54, 1.807) is 22.7 Å². The first-order valence-corrected chi connectivity index (χ1v) is 8.89. The number of likely N-dealkylation sites (tertiary alicyclic amines) is 1. The monoisotopic (exact) mass is 322 g/mol. The van der Waals surface area contributed by atoms with E-state index in [0.717, 1.165) is 36.6 Å². The molecule has 0 spiro atoms. The lowest BCUT2D eigenvalue weighted by atomic mass is 9.92. The molecule has 1 aliphatic heterocycles. The molecule has 6 heteroatoms. The lowest BCUT2D eigenvalue weighted by Gasteiger charge is -2.35. The van der Waals surface area contributed by atoms with Gasteiger partial charge in [-0.2, -0.15) is 11.3 Å². The predicted octanol–water partition coefficient (Wildman–Crippen LogP) is 3.56. The molecule has 2 aromatic rings. The zero-order valence-electron chi connectivity index (χ0n) is 11.9. The minimum atomic E-state index is -0.657. The van der Waals surface area contributed by atoms with Crippen LogP contribution in [0.5, 0.6) is 0 Å². The van der Waals surface area contributed by atoms with Gasteiger partial charge in [0.15, 0.2) is 0 Å². The molecular formula is C15H18N2O2S2. The third kappa shape index (κ3) is 3.33. The van der Waals surface area contributed by atoms with Crippen LogP contribution in [-0.4, -0.2) is 33.5 Å². The smallest absolute Gasteiger partial charge is 0.306 e. The van der Waals surface area contributed by atoms with Crippen LogP contribution in [0.15, 0.2) is 22.2 Å². The van der Waals surface area contributed by atoms with Crippen LogP contribution in [0.4, 0.5) is 0 Å². The van der Waals surface area contributed by atoms with Gasteiger partial charge in [-0.3, -0.25) is 9.69 Å². The highest BCUT2D eigenvalue weighted by atomic mass is 32.1. The molecule has 1 fully saturated rings. The Morgan fingerprint density at radius 2 is 2.38 bits per heavy atom. The minimum absolute atomic E-state index is 0.187. The van der Waals surface area contributed by atoms with E-state index < -0.39 is 5.97 Å². The third-order valence-corrected chi connectivity index (χ3v) is 5.67. The second kappa shape index (κ2) is 6.25. The van der Waals surface area contributed by atoms with Gasteiger partial charge in [0.25, 0.3) is 0 Å². The summed E-state index contributed by atoms with van der Waals surface area (Å²) in [7, 11) is 0. The number of nitrogens with zero attached hydrogens (tertiary/aromatic N) is 2. The van der Waals surface area contributed by atoms with E-state index in [4.69, 9.17) is 10.1 Å². The molecule has 4 nitrogen and oxygen atoms in total. The molecule has 1 aliphatic rings. The molecule has 112 valence electrons. The molecule has 3 heterocycles. The first-order valence-electron chi connectivity index (χ1n) is 7.07. The van der Waals surface area contributed by atoms with Gasteiger partial charge in [-0.05, 0) is 37.8 Å². The van der Waals surface area contributed by atoms with Gasteiger partial charge in [-0.15, -0.1) is 11.3 Å². The van der Waals surface area contributed by atoms with Crippen molar-refractivity contribution < 1.29 is 9.90 Å². The Morgan fingerprint density at radius 1 is 1.52 bits per heavy atom. The maximum atomic E-state index is 11.1. The van der Waals surface area contributed by atoms with Crippen LogP contribution in [0.1, 0.15) is 25.5 Å². The summed E-state index contributed by atoms with van der Waals surface area (Å²) in [6.07, 6.45) is 1.47. The lowest BCUT2D eigenvalue weighted by Crippen LogP contribution is -2.42. The summed E-state index contributed by atoms with van der Waals surface area (Å²) in [4.78, 5) is 18.1. The predicted molar refractivity (Wildman–Crippen MR) is 85.7 cm³/mol. The molecule has 2 atom stereocenters. The first-order chi connectivity index (χ1) is 10.1. The maximum Gasteiger partial charge on any atom is 0.306 e. The highest BCUT2D eigenvalue weighted by molar-refractivity contribution is 7.14. The van der Waals surface area contributed by atoms with E-state index in [9.17, 15) is 4.79 Å². The van der Waals surface area contributed by atoms with Gasteiger partial charge in [0.2, 0.25) is 0 Å². The summed E-state index contributed by atoms with van der Waals surface area (Å²) in [5.41, 5.74) is 2.27. The van der Waals surface area contributed by atoms with Gasteiger partial charge < -0.3 is 5.11 Å². The number of carboxylic acid groups (broad SMARTS) is 1. The molecule has 21 heavy (non-hydrogen) atoms. The molecule has 2 aromatic heterocycles. The van der Waals surface area contributed by atoms with E-state index in [0.29, 0.717) is 6.04 Å². The molecular weight excluding hydrogens is 304 g/mol.